The van der Waals surface area contributed by atoms with E-state index >= 15 is 0 Å². The van der Waals surface area contributed by atoms with Gasteiger partial charge in [0.25, 0.3) is 0 Å². The van der Waals surface area contributed by atoms with E-state index in [1.54, 1.807) is 0 Å². The van der Waals surface area contributed by atoms with E-state index in [2.05, 4.69) is 26.1 Å². The van der Waals surface area contributed by atoms with Crippen LogP contribution in [0.25, 0.3) is 0 Å². The summed E-state index contributed by atoms with van der Waals surface area (Å²) in [6.45, 7) is 7.89. The minimum Gasteiger partial charge on any atom is -0.314 e. The van der Waals surface area contributed by atoms with Crippen molar-refractivity contribution in [1.82, 2.24) is 5.32 Å². The molecule has 10 heavy (non-hydrogen) atoms. The Kier molecular flexibility index (Phi) is 7.04. The lowest BCUT2D eigenvalue weighted by atomic mass is 10.1. The molecule has 1 atom stereocenters. The highest BCUT2D eigenvalue weighted by Gasteiger charge is 2.00. The van der Waals surface area contributed by atoms with Crippen LogP contribution in [0.5, 0.6) is 0 Å². The largest absolute Gasteiger partial charge is 0.314 e. The molecule has 0 rings (SSSR count). The Morgan fingerprint density at radius 2 is 1.80 bits per heavy atom. The molecule has 0 heterocycles. The molecule has 1 N–H and O–H groups in total. The first-order valence-electron chi connectivity index (χ1n) is 4.58. The normalized spacial score (nSPS) is 13.5. The topological polar surface area (TPSA) is 12.0 Å². The summed E-state index contributed by atoms with van der Waals surface area (Å²) in [5, 5.41) is 3.52. The van der Waals surface area contributed by atoms with Gasteiger partial charge in [-0.3, -0.25) is 0 Å². The third-order valence-corrected chi connectivity index (χ3v) is 1.81. The van der Waals surface area contributed by atoms with Gasteiger partial charge in [0.1, 0.15) is 0 Å². The summed E-state index contributed by atoms with van der Waals surface area (Å²) in [7, 11) is 0. The summed E-state index contributed by atoms with van der Waals surface area (Å²) in [6, 6.07) is 0.768. The van der Waals surface area contributed by atoms with E-state index in [9.17, 15) is 0 Å². The second-order valence-corrected chi connectivity index (χ2v) is 2.85. The summed E-state index contributed by atoms with van der Waals surface area (Å²) in [4.78, 5) is 0. The van der Waals surface area contributed by atoms with Crippen molar-refractivity contribution in [3.63, 3.8) is 0 Å². The van der Waals surface area contributed by atoms with Gasteiger partial charge < -0.3 is 5.32 Å². The summed E-state index contributed by atoms with van der Waals surface area (Å²) < 4.78 is 0. The fourth-order valence-electron chi connectivity index (χ4n) is 1.15. The fourth-order valence-corrected chi connectivity index (χ4v) is 1.15. The summed E-state index contributed by atoms with van der Waals surface area (Å²) in [5.74, 6) is 0. The van der Waals surface area contributed by atoms with Gasteiger partial charge in [0.2, 0.25) is 0 Å². The van der Waals surface area contributed by atoms with Crippen LogP contribution in [0, 0.1) is 0 Å². The molecular weight excluding hydrogens is 122 g/mol. The fraction of sp³-hybridized carbons (Fsp3) is 1.00. The van der Waals surface area contributed by atoms with Crippen LogP contribution in [0.15, 0.2) is 0 Å². The van der Waals surface area contributed by atoms with Crippen LogP contribution < -0.4 is 5.32 Å². The zero-order valence-corrected chi connectivity index (χ0v) is 7.61. The van der Waals surface area contributed by atoms with Crippen LogP contribution in [-0.2, 0) is 0 Å². The first kappa shape index (κ1) is 9.96. The van der Waals surface area contributed by atoms with Gasteiger partial charge in [0.15, 0.2) is 0 Å². The maximum absolute atomic E-state index is 3.52. The lowest BCUT2D eigenvalue weighted by Crippen LogP contribution is -2.28. The molecule has 0 radical (unpaired) electrons. The zero-order valence-electron chi connectivity index (χ0n) is 7.61. The minimum atomic E-state index is 0.768. The highest BCUT2D eigenvalue weighted by atomic mass is 14.9. The zero-order chi connectivity index (χ0) is 7.82. The van der Waals surface area contributed by atoms with Crippen molar-refractivity contribution in [3.05, 3.63) is 0 Å². The van der Waals surface area contributed by atoms with Crippen molar-refractivity contribution < 1.29 is 0 Å². The lowest BCUT2D eigenvalue weighted by molar-refractivity contribution is 0.464. The van der Waals surface area contributed by atoms with E-state index in [-0.39, 0.29) is 0 Å². The molecule has 0 spiro atoms. The van der Waals surface area contributed by atoms with Gasteiger partial charge in [-0.2, -0.15) is 0 Å². The predicted octanol–water partition coefficient (Wildman–Crippen LogP) is 2.56. The van der Waals surface area contributed by atoms with E-state index in [4.69, 9.17) is 0 Å². The summed E-state index contributed by atoms with van der Waals surface area (Å²) in [6.07, 6.45) is 5.15. The molecule has 1 heteroatoms. The molecule has 62 valence electrons. The Bertz CT molecular complexity index is 61.7. The molecule has 0 saturated heterocycles. The van der Waals surface area contributed by atoms with Gasteiger partial charge in [0, 0.05) is 6.04 Å². The highest BCUT2D eigenvalue weighted by Crippen LogP contribution is 1.99. The molecule has 0 aliphatic carbocycles. The predicted molar refractivity (Wildman–Crippen MR) is 47.3 cm³/mol. The Balaban J connectivity index is 3.21. The third kappa shape index (κ3) is 4.80. The Hall–Kier alpha value is -0.0400. The highest BCUT2D eigenvalue weighted by molar-refractivity contribution is 4.62. The van der Waals surface area contributed by atoms with Gasteiger partial charge in [-0.25, -0.2) is 0 Å². The standard InChI is InChI=1S/C9H21N/c1-4-7-9(6-3)10-8-5-2/h9-10H,4-8H2,1-3H3. The first-order valence-corrected chi connectivity index (χ1v) is 4.58. The smallest absolute Gasteiger partial charge is 0.00643 e. The number of nitrogens with one attached hydrogen (secondary N) is 1. The minimum absolute atomic E-state index is 0.768. The second-order valence-electron chi connectivity index (χ2n) is 2.85. The first-order chi connectivity index (χ1) is 4.85. The van der Waals surface area contributed by atoms with E-state index in [1.165, 1.54) is 32.2 Å². The lowest BCUT2D eigenvalue weighted by Gasteiger charge is -2.14. The van der Waals surface area contributed by atoms with E-state index < -0.39 is 0 Å². The Morgan fingerprint density at radius 3 is 2.20 bits per heavy atom. The molecule has 0 saturated carbocycles. The average Bonchev–Trinajstić information content (AvgIpc) is 1.98. The number of hydrogen-bond donors (Lipinski definition) is 1. The van der Waals surface area contributed by atoms with Crippen molar-refractivity contribution in [1.29, 1.82) is 0 Å². The second kappa shape index (κ2) is 7.07. The molecule has 1 nitrogen and oxygen atoms in total. The van der Waals surface area contributed by atoms with E-state index in [0.717, 1.165) is 6.04 Å². The van der Waals surface area contributed by atoms with Gasteiger partial charge >= 0.3 is 0 Å². The van der Waals surface area contributed by atoms with Crippen LogP contribution in [0.3, 0.4) is 0 Å². The van der Waals surface area contributed by atoms with Crippen LogP contribution in [0.2, 0.25) is 0 Å². The van der Waals surface area contributed by atoms with Crippen molar-refractivity contribution in [2.45, 2.75) is 52.5 Å². The molecule has 0 aliphatic rings. The maximum atomic E-state index is 3.52. The average molecular weight is 143 g/mol. The van der Waals surface area contributed by atoms with Crippen molar-refractivity contribution in [2.75, 3.05) is 6.54 Å². The molecule has 0 fully saturated rings. The molecule has 0 aromatic heterocycles. The van der Waals surface area contributed by atoms with Gasteiger partial charge in [-0.05, 0) is 25.8 Å². The molecule has 0 aliphatic heterocycles. The van der Waals surface area contributed by atoms with Gasteiger partial charge in [-0.15, -0.1) is 0 Å². The molecule has 0 aromatic carbocycles. The quantitative estimate of drug-likeness (QED) is 0.602. The number of rotatable bonds is 6. The number of hydrogen-bond acceptors (Lipinski definition) is 1. The molecule has 0 bridgehead atoms. The molecular formula is C9H21N. The van der Waals surface area contributed by atoms with Crippen LogP contribution in [-0.4, -0.2) is 12.6 Å². The van der Waals surface area contributed by atoms with Gasteiger partial charge in [-0.1, -0.05) is 27.2 Å². The van der Waals surface area contributed by atoms with Gasteiger partial charge in [0.05, 0.1) is 0 Å². The van der Waals surface area contributed by atoms with Crippen molar-refractivity contribution >= 4 is 0 Å². The Labute approximate surface area is 65.2 Å². The molecule has 0 aromatic rings. The SMILES string of the molecule is CCCNC(CC)CCC. The summed E-state index contributed by atoms with van der Waals surface area (Å²) >= 11 is 0. The molecule has 0 amide bonds. The van der Waals surface area contributed by atoms with Crippen LogP contribution >= 0.6 is 0 Å². The monoisotopic (exact) mass is 143 g/mol. The van der Waals surface area contributed by atoms with E-state index in [0.29, 0.717) is 0 Å². The maximum Gasteiger partial charge on any atom is 0.00643 e. The van der Waals surface area contributed by atoms with Crippen LogP contribution in [0.1, 0.15) is 46.5 Å². The third-order valence-electron chi connectivity index (χ3n) is 1.81. The van der Waals surface area contributed by atoms with Crippen molar-refractivity contribution in [3.8, 4) is 0 Å². The summed E-state index contributed by atoms with van der Waals surface area (Å²) in [5.41, 5.74) is 0. The van der Waals surface area contributed by atoms with E-state index in [1.807, 2.05) is 0 Å². The molecule has 1 unspecified atom stereocenters. The Morgan fingerprint density at radius 1 is 1.10 bits per heavy atom. The van der Waals surface area contributed by atoms with Crippen molar-refractivity contribution in [2.24, 2.45) is 0 Å². The van der Waals surface area contributed by atoms with Crippen LogP contribution in [0.4, 0.5) is 0 Å².